The first kappa shape index (κ1) is 17.6. The minimum atomic E-state index is -0.341. The Balaban J connectivity index is 1.33. The van der Waals surface area contributed by atoms with E-state index in [1.165, 1.54) is 0 Å². The van der Waals surface area contributed by atoms with Crippen molar-refractivity contribution in [3.05, 3.63) is 48.4 Å². The van der Waals surface area contributed by atoms with Crippen molar-refractivity contribution in [2.24, 2.45) is 5.92 Å². The van der Waals surface area contributed by atoms with E-state index in [1.54, 1.807) is 17.2 Å². The van der Waals surface area contributed by atoms with Crippen molar-refractivity contribution in [1.29, 1.82) is 0 Å². The number of furan rings is 1. The van der Waals surface area contributed by atoms with Gasteiger partial charge in [0.1, 0.15) is 5.76 Å². The number of rotatable bonds is 5. The number of likely N-dealkylation sites (tertiary alicyclic amines) is 1. The smallest absolute Gasteiger partial charge is 0.229 e. The van der Waals surface area contributed by atoms with Crippen LogP contribution in [0.1, 0.15) is 12.2 Å². The number of amides is 2. The van der Waals surface area contributed by atoms with E-state index in [-0.39, 0.29) is 24.2 Å². The molecule has 27 heavy (non-hydrogen) atoms. The van der Waals surface area contributed by atoms with Crippen LogP contribution >= 0.6 is 0 Å². The lowest BCUT2D eigenvalue weighted by atomic mass is 10.1. The summed E-state index contributed by atoms with van der Waals surface area (Å²) in [5, 5.41) is 2.93. The van der Waals surface area contributed by atoms with Gasteiger partial charge in [0.15, 0.2) is 0 Å². The second-order valence-corrected chi connectivity index (χ2v) is 6.89. The van der Waals surface area contributed by atoms with Crippen LogP contribution < -0.4 is 10.2 Å². The van der Waals surface area contributed by atoms with Gasteiger partial charge in [0.25, 0.3) is 0 Å². The minimum Gasteiger partial charge on any atom is -0.467 e. The minimum absolute atomic E-state index is 0.0192. The van der Waals surface area contributed by atoms with Gasteiger partial charge in [0, 0.05) is 37.4 Å². The standard InChI is InChI=1S/C20H23N3O4/c24-19-12-15(13-23(19)14-18-2-1-9-27-18)20(25)21-16-3-5-17(6-4-16)22-7-10-26-11-8-22/h1-6,9,15H,7-8,10-14H2,(H,21,25). The highest BCUT2D eigenvalue weighted by molar-refractivity contribution is 5.97. The maximum absolute atomic E-state index is 12.6. The molecule has 1 aromatic heterocycles. The quantitative estimate of drug-likeness (QED) is 0.874. The van der Waals surface area contributed by atoms with Gasteiger partial charge in [-0.25, -0.2) is 0 Å². The topological polar surface area (TPSA) is 75.0 Å². The molecule has 1 unspecified atom stereocenters. The molecule has 4 rings (SSSR count). The first-order valence-corrected chi connectivity index (χ1v) is 9.23. The number of carbonyl (C=O) groups excluding carboxylic acids is 2. The molecule has 3 heterocycles. The Morgan fingerprint density at radius 2 is 1.93 bits per heavy atom. The van der Waals surface area contributed by atoms with Gasteiger partial charge in [-0.05, 0) is 36.4 Å². The summed E-state index contributed by atoms with van der Waals surface area (Å²) in [7, 11) is 0. The fourth-order valence-electron chi connectivity index (χ4n) is 3.51. The van der Waals surface area contributed by atoms with E-state index in [4.69, 9.17) is 9.15 Å². The molecule has 1 aromatic carbocycles. The molecule has 1 N–H and O–H groups in total. The molecule has 7 nitrogen and oxygen atoms in total. The number of morpholine rings is 1. The van der Waals surface area contributed by atoms with Gasteiger partial charge in [0.2, 0.25) is 11.8 Å². The lowest BCUT2D eigenvalue weighted by molar-refractivity contribution is -0.128. The third-order valence-electron chi connectivity index (χ3n) is 5.02. The number of benzene rings is 1. The highest BCUT2D eigenvalue weighted by Gasteiger charge is 2.34. The molecule has 0 spiro atoms. The van der Waals surface area contributed by atoms with E-state index in [2.05, 4.69) is 10.2 Å². The van der Waals surface area contributed by atoms with Crippen molar-refractivity contribution in [3.63, 3.8) is 0 Å². The van der Waals surface area contributed by atoms with Crippen LogP contribution in [0.15, 0.2) is 47.1 Å². The van der Waals surface area contributed by atoms with E-state index < -0.39 is 0 Å². The van der Waals surface area contributed by atoms with Crippen molar-refractivity contribution >= 4 is 23.2 Å². The molecule has 2 aliphatic rings. The van der Waals surface area contributed by atoms with Crippen molar-refractivity contribution in [3.8, 4) is 0 Å². The summed E-state index contributed by atoms with van der Waals surface area (Å²) in [6, 6.07) is 11.4. The molecule has 0 saturated carbocycles. The first-order valence-electron chi connectivity index (χ1n) is 9.23. The highest BCUT2D eigenvalue weighted by Crippen LogP contribution is 2.23. The molecule has 2 amide bonds. The third kappa shape index (κ3) is 4.14. The largest absolute Gasteiger partial charge is 0.467 e. The zero-order valence-electron chi connectivity index (χ0n) is 15.1. The van der Waals surface area contributed by atoms with Crippen LogP contribution in [0.3, 0.4) is 0 Å². The SMILES string of the molecule is O=C(Nc1ccc(N2CCOCC2)cc1)C1CC(=O)N(Cc2ccco2)C1. The maximum Gasteiger partial charge on any atom is 0.229 e. The molecule has 1 atom stereocenters. The fraction of sp³-hybridized carbons (Fsp3) is 0.400. The summed E-state index contributed by atoms with van der Waals surface area (Å²) in [6.45, 7) is 4.05. The Morgan fingerprint density at radius 3 is 2.63 bits per heavy atom. The second-order valence-electron chi connectivity index (χ2n) is 6.89. The Bertz CT molecular complexity index is 782. The first-order chi connectivity index (χ1) is 13.2. The Labute approximate surface area is 157 Å². The number of carbonyl (C=O) groups is 2. The van der Waals surface area contributed by atoms with Crippen molar-refractivity contribution in [1.82, 2.24) is 4.90 Å². The average molecular weight is 369 g/mol. The highest BCUT2D eigenvalue weighted by atomic mass is 16.5. The maximum atomic E-state index is 12.6. The fourth-order valence-corrected chi connectivity index (χ4v) is 3.51. The van der Waals surface area contributed by atoms with E-state index in [1.807, 2.05) is 30.3 Å². The van der Waals surface area contributed by atoms with Crippen LogP contribution in [0.25, 0.3) is 0 Å². The molecule has 0 radical (unpaired) electrons. The number of hydrogen-bond acceptors (Lipinski definition) is 5. The Morgan fingerprint density at radius 1 is 1.15 bits per heavy atom. The number of nitrogens with zero attached hydrogens (tertiary/aromatic N) is 2. The normalized spacial score (nSPS) is 20.1. The second kappa shape index (κ2) is 7.84. The van der Waals surface area contributed by atoms with Crippen LogP contribution in [-0.2, 0) is 20.9 Å². The summed E-state index contributed by atoms with van der Waals surface area (Å²) in [6.07, 6.45) is 1.82. The molecule has 142 valence electrons. The van der Waals surface area contributed by atoms with Crippen LogP contribution in [0, 0.1) is 5.92 Å². The van der Waals surface area contributed by atoms with Gasteiger partial charge < -0.3 is 24.3 Å². The molecule has 2 aromatic rings. The lowest BCUT2D eigenvalue weighted by Crippen LogP contribution is -2.36. The van der Waals surface area contributed by atoms with Gasteiger partial charge in [-0.3, -0.25) is 9.59 Å². The molecule has 7 heteroatoms. The van der Waals surface area contributed by atoms with Crippen LogP contribution in [0.5, 0.6) is 0 Å². The summed E-state index contributed by atoms with van der Waals surface area (Å²) in [4.78, 5) is 28.7. The molecular weight excluding hydrogens is 346 g/mol. The van der Waals surface area contributed by atoms with E-state index >= 15 is 0 Å². The molecule has 2 aliphatic heterocycles. The van der Waals surface area contributed by atoms with Crippen molar-refractivity contribution in [2.45, 2.75) is 13.0 Å². The Kier molecular flexibility index (Phi) is 5.11. The average Bonchev–Trinajstić information content (AvgIpc) is 3.34. The number of ether oxygens (including phenoxy) is 1. The summed E-state index contributed by atoms with van der Waals surface area (Å²) in [5.74, 6) is 0.244. The number of nitrogens with one attached hydrogen (secondary N) is 1. The number of hydrogen-bond donors (Lipinski definition) is 1. The van der Waals surface area contributed by atoms with Gasteiger partial charge >= 0.3 is 0 Å². The summed E-state index contributed by atoms with van der Waals surface area (Å²) < 4.78 is 10.7. The van der Waals surface area contributed by atoms with E-state index in [9.17, 15) is 9.59 Å². The monoisotopic (exact) mass is 369 g/mol. The van der Waals surface area contributed by atoms with Crippen LogP contribution in [0.4, 0.5) is 11.4 Å². The van der Waals surface area contributed by atoms with Gasteiger partial charge in [-0.15, -0.1) is 0 Å². The molecule has 2 saturated heterocycles. The molecule has 0 bridgehead atoms. The van der Waals surface area contributed by atoms with Gasteiger partial charge in [0.05, 0.1) is 31.9 Å². The number of anilines is 2. The molecule has 0 aliphatic carbocycles. The molecular formula is C20H23N3O4. The lowest BCUT2D eigenvalue weighted by Gasteiger charge is -2.28. The van der Waals surface area contributed by atoms with Gasteiger partial charge in [-0.1, -0.05) is 0 Å². The van der Waals surface area contributed by atoms with Crippen LogP contribution in [0.2, 0.25) is 0 Å². The van der Waals surface area contributed by atoms with Crippen molar-refractivity contribution < 1.29 is 18.7 Å². The van der Waals surface area contributed by atoms with Crippen molar-refractivity contribution in [2.75, 3.05) is 43.1 Å². The van der Waals surface area contributed by atoms with Crippen LogP contribution in [-0.4, -0.2) is 49.6 Å². The summed E-state index contributed by atoms with van der Waals surface area (Å²) >= 11 is 0. The third-order valence-corrected chi connectivity index (χ3v) is 5.02. The Hall–Kier alpha value is -2.80. The van der Waals surface area contributed by atoms with E-state index in [0.29, 0.717) is 13.1 Å². The predicted molar refractivity (Wildman–Crippen MR) is 100 cm³/mol. The molecule has 2 fully saturated rings. The summed E-state index contributed by atoms with van der Waals surface area (Å²) in [5.41, 5.74) is 1.87. The zero-order chi connectivity index (χ0) is 18.6. The predicted octanol–water partition coefficient (Wildman–Crippen LogP) is 2.10. The van der Waals surface area contributed by atoms with E-state index in [0.717, 1.165) is 43.4 Å². The zero-order valence-corrected chi connectivity index (χ0v) is 15.1. The van der Waals surface area contributed by atoms with Gasteiger partial charge in [-0.2, -0.15) is 0 Å².